The van der Waals surface area contributed by atoms with E-state index in [4.69, 9.17) is 14.2 Å². The molecule has 4 rings (SSSR count). The van der Waals surface area contributed by atoms with E-state index in [-0.39, 0.29) is 35.7 Å². The molecule has 1 fully saturated rings. The maximum atomic E-state index is 12.8. The van der Waals surface area contributed by atoms with Gasteiger partial charge in [0.1, 0.15) is 5.75 Å². The molecule has 1 amide bonds. The number of benzene rings is 2. The maximum Gasteiger partial charge on any atom is 0.338 e. The lowest BCUT2D eigenvalue weighted by Crippen LogP contribution is -2.27. The molecule has 0 radical (unpaired) electrons. The lowest BCUT2D eigenvalue weighted by molar-refractivity contribution is -0.139. The Morgan fingerprint density at radius 3 is 2.22 bits per heavy atom. The minimum atomic E-state index is -0.688. The third-order valence-corrected chi connectivity index (χ3v) is 5.82. The van der Waals surface area contributed by atoms with Gasteiger partial charge in [0.2, 0.25) is 5.91 Å². The summed E-state index contributed by atoms with van der Waals surface area (Å²) in [6.45, 7) is 0.205. The van der Waals surface area contributed by atoms with Crippen LogP contribution < -0.4 is 9.64 Å². The summed E-state index contributed by atoms with van der Waals surface area (Å²) in [5.74, 6) is -2.80. The van der Waals surface area contributed by atoms with Gasteiger partial charge < -0.3 is 19.1 Å². The number of carbonyl (C=O) groups is 4. The summed E-state index contributed by atoms with van der Waals surface area (Å²) in [5.41, 5.74) is 3.42. The van der Waals surface area contributed by atoms with Crippen molar-refractivity contribution in [1.82, 2.24) is 0 Å². The van der Waals surface area contributed by atoms with Crippen LogP contribution in [0, 0.1) is 5.92 Å². The van der Waals surface area contributed by atoms with E-state index in [1.165, 1.54) is 43.5 Å². The van der Waals surface area contributed by atoms with Gasteiger partial charge >= 0.3 is 17.9 Å². The van der Waals surface area contributed by atoms with Crippen molar-refractivity contribution in [3.05, 3.63) is 58.7 Å². The van der Waals surface area contributed by atoms with Crippen LogP contribution in [-0.2, 0) is 31.9 Å². The summed E-state index contributed by atoms with van der Waals surface area (Å²) in [6.07, 6.45) is 3.18. The van der Waals surface area contributed by atoms with E-state index >= 15 is 0 Å². The van der Waals surface area contributed by atoms with Crippen molar-refractivity contribution in [1.29, 1.82) is 0 Å². The number of amides is 1. The fourth-order valence-corrected chi connectivity index (χ4v) is 4.17. The average Bonchev–Trinajstić information content (AvgIpc) is 3.43. The smallest absolute Gasteiger partial charge is 0.338 e. The van der Waals surface area contributed by atoms with Gasteiger partial charge in [0, 0.05) is 18.7 Å². The number of hydrogen-bond acceptors (Lipinski definition) is 7. The summed E-state index contributed by atoms with van der Waals surface area (Å²) < 4.78 is 14.8. The normalized spacial score (nSPS) is 17.1. The molecule has 1 aliphatic heterocycles. The first-order valence-corrected chi connectivity index (χ1v) is 10.3. The molecule has 166 valence electrons. The number of anilines is 1. The Kier molecular flexibility index (Phi) is 5.94. The Labute approximate surface area is 185 Å². The standard InChI is InChI=1S/C24H23NO7/c1-30-22(27)16-8-17(23(28)31-2)11-20(10-16)32-24(29)18-12-21(26)25(13-18)19-7-6-14-4-3-5-15(14)9-19/h6-11,18H,3-5,12-13H2,1-2H3. The molecule has 1 atom stereocenters. The quantitative estimate of drug-likeness (QED) is 0.524. The Hall–Kier alpha value is -3.68. The summed E-state index contributed by atoms with van der Waals surface area (Å²) in [7, 11) is 2.41. The number of methoxy groups -OCH3 is 2. The first-order chi connectivity index (χ1) is 15.4. The van der Waals surface area contributed by atoms with Crippen LogP contribution in [0.3, 0.4) is 0 Å². The molecule has 0 saturated carbocycles. The largest absolute Gasteiger partial charge is 0.465 e. The van der Waals surface area contributed by atoms with Crippen LogP contribution in [0.2, 0.25) is 0 Å². The Balaban J connectivity index is 1.51. The topological polar surface area (TPSA) is 99.2 Å². The molecule has 32 heavy (non-hydrogen) atoms. The van der Waals surface area contributed by atoms with Crippen LogP contribution in [0.5, 0.6) is 5.75 Å². The van der Waals surface area contributed by atoms with Crippen LogP contribution in [0.4, 0.5) is 5.69 Å². The number of carbonyl (C=O) groups excluding carboxylic acids is 4. The molecule has 0 bridgehead atoms. The molecule has 2 aromatic carbocycles. The summed E-state index contributed by atoms with van der Waals surface area (Å²) in [4.78, 5) is 50.9. The molecule has 1 aliphatic carbocycles. The molecule has 0 spiro atoms. The van der Waals surface area contributed by atoms with Gasteiger partial charge in [-0.15, -0.1) is 0 Å². The second kappa shape index (κ2) is 8.82. The van der Waals surface area contributed by atoms with E-state index in [2.05, 4.69) is 0 Å². The molecular weight excluding hydrogens is 414 g/mol. The van der Waals surface area contributed by atoms with Crippen molar-refractivity contribution < 1.29 is 33.4 Å². The highest BCUT2D eigenvalue weighted by molar-refractivity contribution is 6.00. The second-order valence-electron chi connectivity index (χ2n) is 7.86. The molecule has 1 saturated heterocycles. The Bertz CT molecular complexity index is 1070. The van der Waals surface area contributed by atoms with E-state index in [1.807, 2.05) is 18.2 Å². The molecule has 0 aromatic heterocycles. The van der Waals surface area contributed by atoms with Gasteiger partial charge in [-0.25, -0.2) is 9.59 Å². The highest BCUT2D eigenvalue weighted by atomic mass is 16.5. The second-order valence-corrected chi connectivity index (χ2v) is 7.86. The first kappa shape index (κ1) is 21.5. The zero-order valence-corrected chi connectivity index (χ0v) is 17.9. The number of fused-ring (bicyclic) bond motifs is 1. The van der Waals surface area contributed by atoms with Gasteiger partial charge in [-0.05, 0) is 60.7 Å². The molecule has 2 aliphatic rings. The molecular formula is C24H23NO7. The van der Waals surface area contributed by atoms with Gasteiger partial charge in [-0.2, -0.15) is 0 Å². The highest BCUT2D eigenvalue weighted by Gasteiger charge is 2.37. The van der Waals surface area contributed by atoms with Gasteiger partial charge in [0.25, 0.3) is 0 Å². The van der Waals surface area contributed by atoms with Crippen LogP contribution in [0.1, 0.15) is 44.7 Å². The van der Waals surface area contributed by atoms with Gasteiger partial charge in [0.15, 0.2) is 0 Å². The molecule has 8 nitrogen and oxygen atoms in total. The van der Waals surface area contributed by atoms with Crippen molar-refractivity contribution in [2.24, 2.45) is 5.92 Å². The lowest BCUT2D eigenvalue weighted by atomic mass is 10.1. The molecule has 8 heteroatoms. The minimum Gasteiger partial charge on any atom is -0.465 e. The van der Waals surface area contributed by atoms with Crippen LogP contribution in [0.25, 0.3) is 0 Å². The van der Waals surface area contributed by atoms with E-state index in [9.17, 15) is 19.2 Å². The number of hydrogen-bond donors (Lipinski definition) is 0. The number of esters is 3. The summed E-state index contributed by atoms with van der Waals surface area (Å²) >= 11 is 0. The van der Waals surface area contributed by atoms with E-state index in [0.717, 1.165) is 24.9 Å². The fourth-order valence-electron chi connectivity index (χ4n) is 4.17. The van der Waals surface area contributed by atoms with Crippen LogP contribution in [0.15, 0.2) is 36.4 Å². The van der Waals surface area contributed by atoms with Gasteiger partial charge in [-0.1, -0.05) is 6.07 Å². The summed E-state index contributed by atoms with van der Waals surface area (Å²) in [5, 5.41) is 0. The number of aryl methyl sites for hydroxylation is 2. The third kappa shape index (κ3) is 4.21. The third-order valence-electron chi connectivity index (χ3n) is 5.82. The lowest BCUT2D eigenvalue weighted by Gasteiger charge is -2.18. The van der Waals surface area contributed by atoms with Crippen molar-refractivity contribution in [3.63, 3.8) is 0 Å². The zero-order valence-electron chi connectivity index (χ0n) is 17.9. The summed E-state index contributed by atoms with van der Waals surface area (Å²) in [6, 6.07) is 9.90. The maximum absolute atomic E-state index is 12.8. The predicted molar refractivity (Wildman–Crippen MR) is 114 cm³/mol. The van der Waals surface area contributed by atoms with Gasteiger partial charge in [0.05, 0.1) is 31.3 Å². The first-order valence-electron chi connectivity index (χ1n) is 10.3. The Morgan fingerprint density at radius 1 is 0.906 bits per heavy atom. The SMILES string of the molecule is COC(=O)c1cc(OC(=O)C2CC(=O)N(c3ccc4c(c3)CCC4)C2)cc(C(=O)OC)c1. The minimum absolute atomic E-state index is 0.00160. The monoisotopic (exact) mass is 437 g/mol. The average molecular weight is 437 g/mol. The highest BCUT2D eigenvalue weighted by Crippen LogP contribution is 2.31. The molecule has 0 N–H and O–H groups in total. The molecule has 1 heterocycles. The molecule has 2 aromatic rings. The predicted octanol–water partition coefficient (Wildman–Crippen LogP) is 2.71. The van der Waals surface area contributed by atoms with Crippen LogP contribution >= 0.6 is 0 Å². The van der Waals surface area contributed by atoms with Gasteiger partial charge in [-0.3, -0.25) is 9.59 Å². The van der Waals surface area contributed by atoms with E-state index < -0.39 is 23.8 Å². The van der Waals surface area contributed by atoms with Crippen molar-refractivity contribution in [3.8, 4) is 5.75 Å². The molecule has 1 unspecified atom stereocenters. The van der Waals surface area contributed by atoms with Crippen molar-refractivity contribution in [2.45, 2.75) is 25.7 Å². The number of nitrogens with zero attached hydrogens (tertiary/aromatic N) is 1. The Morgan fingerprint density at radius 2 is 1.56 bits per heavy atom. The number of rotatable bonds is 5. The van der Waals surface area contributed by atoms with E-state index in [1.54, 1.807) is 4.90 Å². The zero-order chi connectivity index (χ0) is 22.8. The van der Waals surface area contributed by atoms with E-state index in [0.29, 0.717) is 0 Å². The van der Waals surface area contributed by atoms with Crippen LogP contribution in [-0.4, -0.2) is 44.6 Å². The fraction of sp³-hybridized carbons (Fsp3) is 0.333. The number of ether oxygens (including phenoxy) is 3. The van der Waals surface area contributed by atoms with Crippen molar-refractivity contribution >= 4 is 29.5 Å². The van der Waals surface area contributed by atoms with Crippen molar-refractivity contribution in [2.75, 3.05) is 25.7 Å².